The first-order valence-corrected chi connectivity index (χ1v) is 7.51. The number of aliphatic hydroxyl groups excluding tert-OH is 1. The van der Waals surface area contributed by atoms with Gasteiger partial charge in [0.25, 0.3) is 0 Å². The Kier molecular flexibility index (Phi) is 4.40. The lowest BCUT2D eigenvalue weighted by molar-refractivity contribution is 0.129. The summed E-state index contributed by atoms with van der Waals surface area (Å²) in [7, 11) is 1.64. The topological polar surface area (TPSA) is 67.7 Å². The highest BCUT2D eigenvalue weighted by Gasteiger charge is 2.25. The van der Waals surface area contributed by atoms with Gasteiger partial charge >= 0.3 is 0 Å². The summed E-state index contributed by atoms with van der Waals surface area (Å²) in [5, 5.41) is 10.3. The summed E-state index contributed by atoms with van der Waals surface area (Å²) >= 11 is 0. The molecule has 0 saturated carbocycles. The van der Waals surface area contributed by atoms with Crippen LogP contribution in [0.25, 0.3) is 10.9 Å². The van der Waals surface area contributed by atoms with Crippen molar-refractivity contribution >= 4 is 10.9 Å². The number of hydrogen-bond donors (Lipinski definition) is 1. The zero-order valence-corrected chi connectivity index (χ0v) is 12.9. The molecular weight excluding hydrogens is 282 g/mol. The van der Waals surface area contributed by atoms with Crippen molar-refractivity contribution in [1.29, 1.82) is 0 Å². The fourth-order valence-electron chi connectivity index (χ4n) is 2.82. The molecule has 0 amide bonds. The first-order chi connectivity index (χ1) is 10.7. The number of rotatable bonds is 5. The molecule has 1 saturated heterocycles. The molecule has 6 heteroatoms. The molecule has 2 atom stereocenters. The maximum atomic E-state index is 9.47. The summed E-state index contributed by atoms with van der Waals surface area (Å²) in [5.74, 6) is 1.35. The highest BCUT2D eigenvalue weighted by Crippen LogP contribution is 2.27. The molecule has 2 heterocycles. The molecular formula is C16H21N3O3. The second kappa shape index (κ2) is 6.46. The van der Waals surface area contributed by atoms with E-state index in [4.69, 9.17) is 9.47 Å². The van der Waals surface area contributed by atoms with E-state index in [1.807, 2.05) is 18.2 Å². The van der Waals surface area contributed by atoms with E-state index < -0.39 is 0 Å². The lowest BCUT2D eigenvalue weighted by atomic mass is 10.2. The molecule has 0 spiro atoms. The molecule has 1 unspecified atom stereocenters. The molecule has 1 N–H and O–H groups in total. The van der Waals surface area contributed by atoms with Gasteiger partial charge in [-0.3, -0.25) is 4.90 Å². The van der Waals surface area contributed by atoms with Crippen LogP contribution in [0.1, 0.15) is 13.3 Å². The average Bonchev–Trinajstić information content (AvgIpc) is 2.93. The Labute approximate surface area is 129 Å². The number of benzene rings is 1. The number of β-amino-alcohol motifs (C(OH)–C–C–N with tert-alkyl or cyclic N) is 1. The number of likely N-dealkylation sites (tertiary alicyclic amines) is 1. The molecule has 1 aromatic heterocycles. The molecule has 1 aliphatic heterocycles. The van der Waals surface area contributed by atoms with Gasteiger partial charge < -0.3 is 14.6 Å². The smallest absolute Gasteiger partial charge is 0.224 e. The first kappa shape index (κ1) is 15.0. The standard InChI is InChI=1S/C16H21N3O3/c1-11(20)8-19-6-5-13(9-19)22-16-14-7-12(21-2)3-4-15(14)17-10-18-16/h3-4,7,10-11,13,20H,5-6,8-9H2,1-2H3/t11?,13-/m0/s1. The van der Waals surface area contributed by atoms with Gasteiger partial charge in [0.1, 0.15) is 18.2 Å². The number of aliphatic hydroxyl groups is 1. The van der Waals surface area contributed by atoms with Gasteiger partial charge in [0.15, 0.2) is 0 Å². The van der Waals surface area contributed by atoms with Gasteiger partial charge in [-0.2, -0.15) is 0 Å². The number of ether oxygens (including phenoxy) is 2. The third-order valence-electron chi connectivity index (χ3n) is 3.84. The second-order valence-corrected chi connectivity index (χ2v) is 5.70. The lowest BCUT2D eigenvalue weighted by Gasteiger charge is -2.18. The van der Waals surface area contributed by atoms with Crippen molar-refractivity contribution in [2.45, 2.75) is 25.6 Å². The van der Waals surface area contributed by atoms with Crippen LogP contribution in [0.3, 0.4) is 0 Å². The first-order valence-electron chi connectivity index (χ1n) is 7.51. The zero-order valence-electron chi connectivity index (χ0n) is 12.9. The van der Waals surface area contributed by atoms with E-state index >= 15 is 0 Å². The van der Waals surface area contributed by atoms with E-state index in [2.05, 4.69) is 14.9 Å². The van der Waals surface area contributed by atoms with Gasteiger partial charge in [-0.05, 0) is 31.5 Å². The fraction of sp³-hybridized carbons (Fsp3) is 0.500. The van der Waals surface area contributed by atoms with E-state index in [0.29, 0.717) is 12.4 Å². The Balaban J connectivity index is 1.76. The molecule has 0 radical (unpaired) electrons. The van der Waals surface area contributed by atoms with Crippen molar-refractivity contribution < 1.29 is 14.6 Å². The average molecular weight is 303 g/mol. The fourth-order valence-corrected chi connectivity index (χ4v) is 2.82. The van der Waals surface area contributed by atoms with Crippen LogP contribution in [-0.4, -0.2) is 58.9 Å². The number of hydrogen-bond acceptors (Lipinski definition) is 6. The third-order valence-corrected chi connectivity index (χ3v) is 3.84. The Morgan fingerprint density at radius 1 is 1.41 bits per heavy atom. The second-order valence-electron chi connectivity index (χ2n) is 5.70. The molecule has 1 aliphatic rings. The summed E-state index contributed by atoms with van der Waals surface area (Å²) in [6.07, 6.45) is 2.22. The van der Waals surface area contributed by atoms with Crippen LogP contribution in [0.5, 0.6) is 11.6 Å². The molecule has 1 fully saturated rings. The van der Waals surface area contributed by atoms with Crippen LogP contribution >= 0.6 is 0 Å². The Bertz CT molecular complexity index is 648. The minimum absolute atomic E-state index is 0.0862. The molecule has 3 rings (SSSR count). The van der Waals surface area contributed by atoms with Crippen molar-refractivity contribution in [3.8, 4) is 11.6 Å². The Morgan fingerprint density at radius 3 is 3.05 bits per heavy atom. The van der Waals surface area contributed by atoms with E-state index in [-0.39, 0.29) is 12.2 Å². The number of fused-ring (bicyclic) bond motifs is 1. The molecule has 2 aromatic rings. The number of aromatic nitrogens is 2. The van der Waals surface area contributed by atoms with Crippen LogP contribution in [0.2, 0.25) is 0 Å². The Morgan fingerprint density at radius 2 is 2.27 bits per heavy atom. The number of methoxy groups -OCH3 is 1. The van der Waals surface area contributed by atoms with Crippen molar-refractivity contribution in [3.63, 3.8) is 0 Å². The van der Waals surface area contributed by atoms with Crippen LogP contribution in [0.4, 0.5) is 0 Å². The summed E-state index contributed by atoms with van der Waals surface area (Å²) in [4.78, 5) is 10.7. The van der Waals surface area contributed by atoms with Crippen LogP contribution in [0, 0.1) is 0 Å². The quantitative estimate of drug-likeness (QED) is 0.902. The van der Waals surface area contributed by atoms with Crippen LogP contribution < -0.4 is 9.47 Å². The molecule has 22 heavy (non-hydrogen) atoms. The van der Waals surface area contributed by atoms with Crippen LogP contribution in [-0.2, 0) is 0 Å². The molecule has 6 nitrogen and oxygen atoms in total. The largest absolute Gasteiger partial charge is 0.497 e. The molecule has 118 valence electrons. The number of nitrogens with zero attached hydrogens (tertiary/aromatic N) is 3. The summed E-state index contributed by atoms with van der Waals surface area (Å²) in [6, 6.07) is 5.67. The summed E-state index contributed by atoms with van der Waals surface area (Å²) in [5.41, 5.74) is 0.838. The minimum Gasteiger partial charge on any atom is -0.497 e. The maximum Gasteiger partial charge on any atom is 0.224 e. The normalized spacial score (nSPS) is 20.2. The van der Waals surface area contributed by atoms with E-state index in [0.717, 1.165) is 36.2 Å². The molecule has 0 bridgehead atoms. The van der Waals surface area contributed by atoms with E-state index in [9.17, 15) is 5.11 Å². The van der Waals surface area contributed by atoms with Gasteiger partial charge in [-0.15, -0.1) is 0 Å². The molecule has 1 aromatic carbocycles. The van der Waals surface area contributed by atoms with Gasteiger partial charge in [-0.1, -0.05) is 0 Å². The minimum atomic E-state index is -0.317. The predicted molar refractivity (Wildman–Crippen MR) is 83.2 cm³/mol. The summed E-state index contributed by atoms with van der Waals surface area (Å²) in [6.45, 7) is 4.22. The van der Waals surface area contributed by atoms with Crippen molar-refractivity contribution in [2.24, 2.45) is 0 Å². The van der Waals surface area contributed by atoms with Crippen LogP contribution in [0.15, 0.2) is 24.5 Å². The predicted octanol–water partition coefficient (Wildman–Crippen LogP) is 1.47. The van der Waals surface area contributed by atoms with Gasteiger partial charge in [0, 0.05) is 19.6 Å². The summed E-state index contributed by atoms with van der Waals surface area (Å²) < 4.78 is 11.3. The molecule has 0 aliphatic carbocycles. The zero-order chi connectivity index (χ0) is 15.5. The van der Waals surface area contributed by atoms with E-state index in [1.54, 1.807) is 14.0 Å². The van der Waals surface area contributed by atoms with Crippen molar-refractivity contribution in [1.82, 2.24) is 14.9 Å². The lowest BCUT2D eigenvalue weighted by Crippen LogP contribution is -2.31. The monoisotopic (exact) mass is 303 g/mol. The highest BCUT2D eigenvalue weighted by atomic mass is 16.5. The van der Waals surface area contributed by atoms with Gasteiger partial charge in [0.05, 0.1) is 24.1 Å². The van der Waals surface area contributed by atoms with Crippen molar-refractivity contribution in [3.05, 3.63) is 24.5 Å². The van der Waals surface area contributed by atoms with Gasteiger partial charge in [0.2, 0.25) is 5.88 Å². The van der Waals surface area contributed by atoms with Gasteiger partial charge in [-0.25, -0.2) is 9.97 Å². The third kappa shape index (κ3) is 3.28. The highest BCUT2D eigenvalue weighted by molar-refractivity contribution is 5.84. The maximum absolute atomic E-state index is 9.47. The SMILES string of the molecule is COc1ccc2ncnc(O[C@H]3CCN(CC(C)O)C3)c2c1. The van der Waals surface area contributed by atoms with E-state index in [1.165, 1.54) is 6.33 Å². The Hall–Kier alpha value is -1.92. The van der Waals surface area contributed by atoms with Crippen molar-refractivity contribution in [2.75, 3.05) is 26.7 Å².